The zero-order valence-corrected chi connectivity index (χ0v) is 12.5. The second-order valence-corrected chi connectivity index (χ2v) is 7.40. The van der Waals surface area contributed by atoms with Gasteiger partial charge in [0.25, 0.3) is 0 Å². The predicted octanol–water partition coefficient (Wildman–Crippen LogP) is 1.88. The lowest BCUT2D eigenvalue weighted by atomic mass is 10.2. The molecule has 110 valence electrons. The molecule has 2 aliphatic rings. The van der Waals surface area contributed by atoms with Gasteiger partial charge in [-0.25, -0.2) is 8.42 Å². The van der Waals surface area contributed by atoms with Crippen molar-refractivity contribution in [2.45, 2.75) is 30.7 Å². The summed E-state index contributed by atoms with van der Waals surface area (Å²) < 4.78 is 37.6. The van der Waals surface area contributed by atoms with Gasteiger partial charge in [0.1, 0.15) is 13.2 Å². The Morgan fingerprint density at radius 1 is 1.20 bits per heavy atom. The molecule has 3 rings (SSSR count). The molecular weight excluding hydrogens is 278 g/mol. The summed E-state index contributed by atoms with van der Waals surface area (Å²) in [4.78, 5) is 0.261. The first kappa shape index (κ1) is 13.7. The number of nitrogens with zero attached hydrogens (tertiary/aromatic N) is 1. The summed E-state index contributed by atoms with van der Waals surface area (Å²) in [5.74, 6) is 1.60. The minimum Gasteiger partial charge on any atom is -0.486 e. The van der Waals surface area contributed by atoms with Crippen LogP contribution < -0.4 is 9.47 Å². The molecule has 1 atom stereocenters. The fourth-order valence-corrected chi connectivity index (χ4v) is 3.88. The van der Waals surface area contributed by atoms with E-state index in [1.54, 1.807) is 25.2 Å². The number of rotatable bonds is 4. The van der Waals surface area contributed by atoms with E-state index in [0.29, 0.717) is 30.6 Å². The van der Waals surface area contributed by atoms with Gasteiger partial charge in [-0.15, -0.1) is 0 Å². The van der Waals surface area contributed by atoms with Crippen LogP contribution in [0.1, 0.15) is 19.8 Å². The van der Waals surface area contributed by atoms with Crippen LogP contribution in [0, 0.1) is 5.92 Å². The van der Waals surface area contributed by atoms with Crippen molar-refractivity contribution < 1.29 is 17.9 Å². The van der Waals surface area contributed by atoms with Crippen molar-refractivity contribution in [2.75, 3.05) is 20.3 Å². The third-order valence-electron chi connectivity index (χ3n) is 4.07. The molecule has 0 saturated heterocycles. The van der Waals surface area contributed by atoms with E-state index in [-0.39, 0.29) is 10.9 Å². The molecule has 1 heterocycles. The van der Waals surface area contributed by atoms with Crippen molar-refractivity contribution in [1.29, 1.82) is 0 Å². The number of ether oxygens (including phenoxy) is 2. The van der Waals surface area contributed by atoms with Crippen LogP contribution in [0.2, 0.25) is 0 Å². The highest BCUT2D eigenvalue weighted by molar-refractivity contribution is 7.89. The van der Waals surface area contributed by atoms with Gasteiger partial charge in [-0.3, -0.25) is 0 Å². The van der Waals surface area contributed by atoms with Gasteiger partial charge in [0.15, 0.2) is 11.5 Å². The first-order chi connectivity index (χ1) is 9.50. The maximum absolute atomic E-state index is 12.6. The van der Waals surface area contributed by atoms with Gasteiger partial charge in [0, 0.05) is 19.2 Å². The zero-order valence-electron chi connectivity index (χ0n) is 11.7. The van der Waals surface area contributed by atoms with Crippen molar-refractivity contribution in [2.24, 2.45) is 5.92 Å². The molecule has 0 aromatic heterocycles. The van der Waals surface area contributed by atoms with Crippen LogP contribution in [0.3, 0.4) is 0 Å². The molecule has 1 aliphatic heterocycles. The van der Waals surface area contributed by atoms with E-state index in [2.05, 4.69) is 0 Å². The Morgan fingerprint density at radius 2 is 1.85 bits per heavy atom. The van der Waals surface area contributed by atoms with Crippen LogP contribution >= 0.6 is 0 Å². The van der Waals surface area contributed by atoms with Crippen molar-refractivity contribution in [1.82, 2.24) is 4.31 Å². The van der Waals surface area contributed by atoms with Gasteiger partial charge < -0.3 is 9.47 Å². The second-order valence-electron chi connectivity index (χ2n) is 5.40. The first-order valence-electron chi connectivity index (χ1n) is 6.88. The van der Waals surface area contributed by atoms with Crippen LogP contribution in [-0.2, 0) is 10.0 Å². The van der Waals surface area contributed by atoms with E-state index >= 15 is 0 Å². The fourth-order valence-electron chi connectivity index (χ4n) is 2.44. The maximum atomic E-state index is 12.6. The monoisotopic (exact) mass is 297 g/mol. The van der Waals surface area contributed by atoms with Crippen molar-refractivity contribution >= 4 is 10.0 Å². The van der Waals surface area contributed by atoms with Crippen LogP contribution in [0.25, 0.3) is 0 Å². The maximum Gasteiger partial charge on any atom is 0.243 e. The Kier molecular flexibility index (Phi) is 3.38. The van der Waals surface area contributed by atoms with E-state index in [1.807, 2.05) is 6.92 Å². The molecule has 20 heavy (non-hydrogen) atoms. The van der Waals surface area contributed by atoms with E-state index in [9.17, 15) is 8.42 Å². The Morgan fingerprint density at radius 3 is 2.50 bits per heavy atom. The molecule has 1 saturated carbocycles. The standard InChI is InChI=1S/C14H19NO4S/c1-10(11-3-4-11)15(2)20(16,17)12-5-6-13-14(9-12)19-8-7-18-13/h5-6,9-11H,3-4,7-8H2,1-2H3. The lowest BCUT2D eigenvalue weighted by molar-refractivity contribution is 0.171. The number of fused-ring (bicyclic) bond motifs is 1. The minimum absolute atomic E-state index is 0.0354. The van der Waals surface area contributed by atoms with E-state index in [1.165, 1.54) is 4.31 Å². The average molecular weight is 297 g/mol. The number of sulfonamides is 1. The van der Waals surface area contributed by atoms with E-state index in [4.69, 9.17) is 9.47 Å². The molecule has 0 N–H and O–H groups in total. The summed E-state index contributed by atoms with van der Waals surface area (Å²) in [6, 6.07) is 4.84. The molecule has 1 fully saturated rings. The van der Waals surface area contributed by atoms with Crippen LogP contribution in [0.15, 0.2) is 23.1 Å². The van der Waals surface area contributed by atoms with Crippen LogP contribution in [0.4, 0.5) is 0 Å². The summed E-state index contributed by atoms with van der Waals surface area (Å²) in [5.41, 5.74) is 0. The third kappa shape index (κ3) is 2.38. The smallest absolute Gasteiger partial charge is 0.243 e. The highest BCUT2D eigenvalue weighted by Crippen LogP contribution is 2.38. The molecular formula is C14H19NO4S. The number of hydrogen-bond acceptors (Lipinski definition) is 4. The van der Waals surface area contributed by atoms with Gasteiger partial charge in [-0.1, -0.05) is 0 Å². The molecule has 0 bridgehead atoms. The SMILES string of the molecule is CC(C1CC1)N(C)S(=O)(=O)c1ccc2c(c1)OCCO2. The molecule has 1 aromatic rings. The van der Waals surface area contributed by atoms with Gasteiger partial charge >= 0.3 is 0 Å². The van der Waals surface area contributed by atoms with Crippen LogP contribution in [0.5, 0.6) is 11.5 Å². The molecule has 6 heteroatoms. The minimum atomic E-state index is -3.48. The Balaban J connectivity index is 1.90. The van der Waals surface area contributed by atoms with Gasteiger partial charge in [0.2, 0.25) is 10.0 Å². The highest BCUT2D eigenvalue weighted by Gasteiger charge is 2.36. The summed E-state index contributed by atoms with van der Waals surface area (Å²) in [6.45, 7) is 2.91. The van der Waals surface area contributed by atoms with Gasteiger partial charge in [-0.2, -0.15) is 4.31 Å². The summed E-state index contributed by atoms with van der Waals surface area (Å²) in [6.07, 6.45) is 2.23. The zero-order chi connectivity index (χ0) is 14.3. The average Bonchev–Trinajstić information content (AvgIpc) is 3.29. The predicted molar refractivity (Wildman–Crippen MR) is 74.6 cm³/mol. The molecule has 1 unspecified atom stereocenters. The molecule has 0 radical (unpaired) electrons. The molecule has 0 spiro atoms. The van der Waals surface area contributed by atoms with Crippen molar-refractivity contribution in [3.05, 3.63) is 18.2 Å². The lowest BCUT2D eigenvalue weighted by Gasteiger charge is -2.25. The molecule has 0 amide bonds. The fraction of sp³-hybridized carbons (Fsp3) is 0.571. The third-order valence-corrected chi connectivity index (χ3v) is 6.01. The number of hydrogen-bond donors (Lipinski definition) is 0. The number of benzene rings is 1. The second kappa shape index (κ2) is 4.93. The van der Waals surface area contributed by atoms with E-state index in [0.717, 1.165) is 12.8 Å². The summed E-state index contributed by atoms with van der Waals surface area (Å²) >= 11 is 0. The van der Waals surface area contributed by atoms with Crippen molar-refractivity contribution in [3.8, 4) is 11.5 Å². The van der Waals surface area contributed by atoms with Crippen LogP contribution in [-0.4, -0.2) is 39.0 Å². The normalized spacial score (nSPS) is 19.9. The van der Waals surface area contributed by atoms with Crippen molar-refractivity contribution in [3.63, 3.8) is 0 Å². The summed E-state index contributed by atoms with van der Waals surface area (Å²) in [5, 5.41) is 0. The topological polar surface area (TPSA) is 55.8 Å². The van der Waals surface area contributed by atoms with Gasteiger partial charge in [-0.05, 0) is 37.8 Å². The van der Waals surface area contributed by atoms with E-state index < -0.39 is 10.0 Å². The molecule has 1 aromatic carbocycles. The highest BCUT2D eigenvalue weighted by atomic mass is 32.2. The quantitative estimate of drug-likeness (QED) is 0.851. The molecule has 5 nitrogen and oxygen atoms in total. The molecule has 1 aliphatic carbocycles. The first-order valence-corrected chi connectivity index (χ1v) is 8.32. The summed E-state index contributed by atoms with van der Waals surface area (Å²) in [7, 11) is -1.83. The Hall–Kier alpha value is -1.27. The lowest BCUT2D eigenvalue weighted by Crippen LogP contribution is -2.36. The largest absolute Gasteiger partial charge is 0.486 e. The van der Waals surface area contributed by atoms with Gasteiger partial charge in [0.05, 0.1) is 4.90 Å². The Bertz CT molecular complexity index is 610. The Labute approximate surface area is 119 Å².